The smallest absolute Gasteiger partial charge is 0.243 e. The lowest BCUT2D eigenvalue weighted by Crippen LogP contribution is -2.51. The summed E-state index contributed by atoms with van der Waals surface area (Å²) in [5.41, 5.74) is 0.656. The Morgan fingerprint density at radius 3 is 2.39 bits per heavy atom. The number of sulfonamides is 1. The molecule has 0 aliphatic heterocycles. The molecule has 38 heavy (non-hydrogen) atoms. The lowest BCUT2D eigenvalue weighted by atomic mass is 10.1. The highest BCUT2D eigenvalue weighted by Gasteiger charge is 2.31. The molecule has 0 heterocycles. The van der Waals surface area contributed by atoms with Gasteiger partial charge in [-0.05, 0) is 49.4 Å². The molecule has 1 aliphatic carbocycles. The SMILES string of the molecule is CC[C@@H](C(=O)NC1CCCC1)N(Cc1ccccc1Cl)C(=O)CCCN(c1ccc(F)c(F)c1)S(C)(=O)=O. The minimum atomic E-state index is -3.83. The van der Waals surface area contributed by atoms with Crippen LogP contribution < -0.4 is 9.62 Å². The Kier molecular flexibility index (Phi) is 10.5. The molecule has 2 aromatic rings. The third kappa shape index (κ3) is 7.89. The van der Waals surface area contributed by atoms with Crippen LogP contribution in [0.4, 0.5) is 14.5 Å². The molecule has 1 saturated carbocycles. The molecule has 2 amide bonds. The summed E-state index contributed by atoms with van der Waals surface area (Å²) in [4.78, 5) is 28.2. The predicted molar refractivity (Wildman–Crippen MR) is 144 cm³/mol. The van der Waals surface area contributed by atoms with Gasteiger partial charge in [0.1, 0.15) is 6.04 Å². The Morgan fingerprint density at radius 1 is 1.11 bits per heavy atom. The van der Waals surface area contributed by atoms with Gasteiger partial charge in [0.2, 0.25) is 21.8 Å². The van der Waals surface area contributed by atoms with E-state index in [-0.39, 0.29) is 49.5 Å². The Hall–Kier alpha value is -2.72. The van der Waals surface area contributed by atoms with Crippen molar-refractivity contribution in [2.75, 3.05) is 17.1 Å². The summed E-state index contributed by atoms with van der Waals surface area (Å²) in [6, 6.07) is 9.28. The summed E-state index contributed by atoms with van der Waals surface area (Å²) in [6.45, 7) is 1.83. The van der Waals surface area contributed by atoms with E-state index < -0.39 is 27.7 Å². The molecule has 0 spiro atoms. The number of nitrogens with zero attached hydrogens (tertiary/aromatic N) is 2. The van der Waals surface area contributed by atoms with E-state index in [1.165, 1.54) is 11.0 Å². The van der Waals surface area contributed by atoms with Crippen molar-refractivity contribution in [3.8, 4) is 0 Å². The van der Waals surface area contributed by atoms with Crippen molar-refractivity contribution in [3.05, 3.63) is 64.7 Å². The number of carbonyl (C=O) groups excluding carboxylic acids is 2. The number of amides is 2. The van der Waals surface area contributed by atoms with E-state index in [1.807, 2.05) is 6.92 Å². The molecule has 208 valence electrons. The molecule has 0 bridgehead atoms. The van der Waals surface area contributed by atoms with Gasteiger partial charge in [0.05, 0.1) is 11.9 Å². The van der Waals surface area contributed by atoms with Crippen LogP contribution in [0.1, 0.15) is 57.4 Å². The third-order valence-electron chi connectivity index (χ3n) is 6.73. The molecule has 7 nitrogen and oxygen atoms in total. The lowest BCUT2D eigenvalue weighted by Gasteiger charge is -2.32. The van der Waals surface area contributed by atoms with Crippen molar-refractivity contribution in [2.24, 2.45) is 0 Å². The van der Waals surface area contributed by atoms with Gasteiger partial charge in [0.15, 0.2) is 11.6 Å². The predicted octanol–water partition coefficient (Wildman–Crippen LogP) is 5.03. The molecule has 1 atom stereocenters. The molecule has 1 aliphatic rings. The average molecular weight is 570 g/mol. The topological polar surface area (TPSA) is 86.8 Å². The fourth-order valence-electron chi connectivity index (χ4n) is 4.74. The summed E-state index contributed by atoms with van der Waals surface area (Å²) in [5.74, 6) is -2.82. The molecule has 1 N–H and O–H groups in total. The van der Waals surface area contributed by atoms with Gasteiger partial charge in [-0.3, -0.25) is 13.9 Å². The van der Waals surface area contributed by atoms with Gasteiger partial charge in [0.25, 0.3) is 0 Å². The van der Waals surface area contributed by atoms with Gasteiger partial charge in [-0.2, -0.15) is 0 Å². The second-order valence-corrected chi connectivity index (χ2v) is 11.9. The van der Waals surface area contributed by atoms with Crippen molar-refractivity contribution in [1.29, 1.82) is 0 Å². The Morgan fingerprint density at radius 2 is 1.79 bits per heavy atom. The molecule has 0 unspecified atom stereocenters. The van der Waals surface area contributed by atoms with E-state index >= 15 is 0 Å². The van der Waals surface area contributed by atoms with Crippen molar-refractivity contribution in [1.82, 2.24) is 10.2 Å². The monoisotopic (exact) mass is 569 g/mol. The standard InChI is InChI=1S/C27H34ClF2N3O4S/c1-3-25(27(35)31-20-10-5-6-11-20)32(18-19-9-4-7-12-22(19)28)26(34)13-8-16-33(38(2,36)37)21-14-15-23(29)24(30)17-21/h4,7,9,12,14-15,17,20,25H,3,5-6,8,10-11,13,16,18H2,1-2H3,(H,31,35)/t25-/m0/s1. The van der Waals surface area contributed by atoms with Crippen LogP contribution in [0, 0.1) is 11.6 Å². The second-order valence-electron chi connectivity index (χ2n) is 9.56. The number of benzene rings is 2. The van der Waals surface area contributed by atoms with Gasteiger partial charge in [0, 0.05) is 36.6 Å². The maximum Gasteiger partial charge on any atom is 0.243 e. The fourth-order valence-corrected chi connectivity index (χ4v) is 5.89. The van der Waals surface area contributed by atoms with Crippen LogP contribution in [-0.4, -0.2) is 50.0 Å². The normalized spacial score (nSPS) is 14.8. The van der Waals surface area contributed by atoms with E-state index in [4.69, 9.17) is 11.6 Å². The van der Waals surface area contributed by atoms with Crippen molar-refractivity contribution < 1.29 is 26.8 Å². The number of hydrogen-bond acceptors (Lipinski definition) is 4. The first kappa shape index (κ1) is 29.8. The fraction of sp³-hybridized carbons (Fsp3) is 0.481. The molecule has 2 aromatic carbocycles. The third-order valence-corrected chi connectivity index (χ3v) is 8.29. The number of hydrogen-bond donors (Lipinski definition) is 1. The molecular weight excluding hydrogens is 536 g/mol. The van der Waals surface area contributed by atoms with E-state index in [0.717, 1.165) is 48.4 Å². The summed E-state index contributed by atoms with van der Waals surface area (Å²) in [6.07, 6.45) is 5.31. The number of rotatable bonds is 12. The van der Waals surface area contributed by atoms with Gasteiger partial charge in [-0.25, -0.2) is 17.2 Å². The highest BCUT2D eigenvalue weighted by Crippen LogP contribution is 2.24. The Balaban J connectivity index is 1.77. The zero-order valence-electron chi connectivity index (χ0n) is 21.6. The second kappa shape index (κ2) is 13.4. The summed E-state index contributed by atoms with van der Waals surface area (Å²) in [7, 11) is -3.83. The zero-order chi connectivity index (χ0) is 27.9. The molecule has 11 heteroatoms. The number of nitrogens with one attached hydrogen (secondary N) is 1. The Labute approximate surface area is 228 Å². The quantitative estimate of drug-likeness (QED) is 0.388. The van der Waals surface area contributed by atoms with Gasteiger partial charge in [-0.15, -0.1) is 0 Å². The van der Waals surface area contributed by atoms with E-state index in [9.17, 15) is 26.8 Å². The maximum atomic E-state index is 13.8. The summed E-state index contributed by atoms with van der Waals surface area (Å²) >= 11 is 6.36. The van der Waals surface area contributed by atoms with Crippen LogP contribution in [0.2, 0.25) is 5.02 Å². The Bertz CT molecular complexity index is 1240. The van der Waals surface area contributed by atoms with Crippen LogP contribution in [0.25, 0.3) is 0 Å². The van der Waals surface area contributed by atoms with E-state index in [1.54, 1.807) is 24.3 Å². The van der Waals surface area contributed by atoms with Crippen molar-refractivity contribution in [3.63, 3.8) is 0 Å². The van der Waals surface area contributed by atoms with Gasteiger partial charge in [-0.1, -0.05) is 49.6 Å². The number of anilines is 1. The largest absolute Gasteiger partial charge is 0.352 e. The van der Waals surface area contributed by atoms with Gasteiger partial charge >= 0.3 is 0 Å². The minimum absolute atomic E-state index is 0.0332. The van der Waals surface area contributed by atoms with Crippen LogP contribution in [-0.2, 0) is 26.2 Å². The first-order valence-electron chi connectivity index (χ1n) is 12.8. The van der Waals surface area contributed by atoms with Crippen LogP contribution >= 0.6 is 11.6 Å². The molecule has 0 aromatic heterocycles. The molecule has 1 fully saturated rings. The highest BCUT2D eigenvalue weighted by atomic mass is 35.5. The van der Waals surface area contributed by atoms with Crippen LogP contribution in [0.15, 0.2) is 42.5 Å². The summed E-state index contributed by atoms with van der Waals surface area (Å²) in [5, 5.41) is 3.54. The number of carbonyl (C=O) groups is 2. The minimum Gasteiger partial charge on any atom is -0.352 e. The summed E-state index contributed by atoms with van der Waals surface area (Å²) < 4.78 is 52.8. The van der Waals surface area contributed by atoms with Crippen LogP contribution in [0.3, 0.4) is 0 Å². The van der Waals surface area contributed by atoms with Crippen molar-refractivity contribution >= 4 is 39.1 Å². The number of halogens is 3. The molecule has 0 saturated heterocycles. The molecule has 3 rings (SSSR count). The molecular formula is C27H34ClF2N3O4S. The van der Waals surface area contributed by atoms with Gasteiger partial charge < -0.3 is 10.2 Å². The zero-order valence-corrected chi connectivity index (χ0v) is 23.2. The van der Waals surface area contributed by atoms with Crippen LogP contribution in [0.5, 0.6) is 0 Å². The average Bonchev–Trinajstić information content (AvgIpc) is 3.37. The lowest BCUT2D eigenvalue weighted by molar-refractivity contribution is -0.141. The van der Waals surface area contributed by atoms with E-state index in [2.05, 4.69) is 5.32 Å². The maximum absolute atomic E-state index is 13.8. The highest BCUT2D eigenvalue weighted by molar-refractivity contribution is 7.92. The van der Waals surface area contributed by atoms with Crippen molar-refractivity contribution in [2.45, 2.75) is 70.5 Å². The first-order valence-corrected chi connectivity index (χ1v) is 15.0. The van der Waals surface area contributed by atoms with E-state index in [0.29, 0.717) is 17.0 Å². The first-order chi connectivity index (χ1) is 18.0. The molecule has 0 radical (unpaired) electrons.